The van der Waals surface area contributed by atoms with Crippen molar-refractivity contribution in [2.75, 3.05) is 5.73 Å². The van der Waals surface area contributed by atoms with Gasteiger partial charge in [0.15, 0.2) is 18.9 Å². The Hall–Kier alpha value is -3.01. The molecule has 0 aliphatic carbocycles. The van der Waals surface area contributed by atoms with E-state index < -0.39 is 16.0 Å². The fraction of sp³-hybridized carbons (Fsp3) is 0.0714. The smallest absolute Gasteiger partial charge is 0.314 e. The van der Waals surface area contributed by atoms with Crippen LogP contribution in [-0.2, 0) is 6.54 Å². The highest BCUT2D eigenvalue weighted by atomic mass is 79.9. The van der Waals surface area contributed by atoms with Gasteiger partial charge < -0.3 is 32.7 Å². The van der Waals surface area contributed by atoms with E-state index in [9.17, 15) is 19.7 Å². The number of halogens is 1. The molecule has 0 amide bonds. The molecule has 0 aliphatic heterocycles. The molecule has 0 bridgehead atoms. The third kappa shape index (κ3) is 3.33. The highest BCUT2D eigenvalue weighted by molar-refractivity contribution is 5.80. The average Bonchev–Trinajstić information content (AvgIpc) is 2.51. The number of aromatic amines is 2. The molecule has 0 atom stereocenters. The predicted molar refractivity (Wildman–Crippen MR) is 82.0 cm³/mol. The number of hydrogen-bond donors (Lipinski definition) is 3. The molecule has 0 saturated heterocycles. The van der Waals surface area contributed by atoms with Crippen molar-refractivity contribution < 1.29 is 26.5 Å². The van der Waals surface area contributed by atoms with E-state index in [1.807, 2.05) is 0 Å². The largest absolute Gasteiger partial charge is 1.00 e. The number of anilines is 1. The molecule has 3 rings (SSSR count). The van der Waals surface area contributed by atoms with Crippen LogP contribution >= 0.6 is 0 Å². The van der Waals surface area contributed by atoms with Crippen LogP contribution in [0.4, 0.5) is 11.4 Å². The third-order valence-corrected chi connectivity index (χ3v) is 3.38. The quantitative estimate of drug-likeness (QED) is 0.189. The Morgan fingerprint density at radius 3 is 2.38 bits per heavy atom. The maximum absolute atomic E-state index is 11.5. The number of benzene rings is 1. The number of H-pyrrole nitrogens is 2. The van der Waals surface area contributed by atoms with Crippen LogP contribution in [0.5, 0.6) is 0 Å². The topological polar surface area (TPSA) is 139 Å². The van der Waals surface area contributed by atoms with Crippen LogP contribution in [0, 0.1) is 10.1 Å². The molecule has 9 nitrogen and oxygen atoms in total. The first-order chi connectivity index (χ1) is 10.9. The molecule has 1 aromatic carbocycles. The Morgan fingerprint density at radius 2 is 1.75 bits per heavy atom. The van der Waals surface area contributed by atoms with Crippen LogP contribution in [0.1, 0.15) is 5.56 Å². The highest BCUT2D eigenvalue weighted by Gasteiger charge is 2.16. The Kier molecular flexibility index (Phi) is 4.79. The van der Waals surface area contributed by atoms with Crippen molar-refractivity contribution in [2.45, 2.75) is 6.54 Å². The number of pyridine rings is 1. The molecule has 0 radical (unpaired) electrons. The zero-order chi connectivity index (χ0) is 16.6. The van der Waals surface area contributed by atoms with Gasteiger partial charge in [0.1, 0.15) is 0 Å². The van der Waals surface area contributed by atoms with Crippen LogP contribution < -0.4 is 38.4 Å². The van der Waals surface area contributed by atoms with Crippen molar-refractivity contribution in [2.24, 2.45) is 0 Å². The van der Waals surface area contributed by atoms with E-state index in [4.69, 9.17) is 5.73 Å². The van der Waals surface area contributed by atoms with E-state index in [1.165, 1.54) is 12.1 Å². The maximum Gasteiger partial charge on any atom is 0.314 e. The molecule has 0 fully saturated rings. The minimum Gasteiger partial charge on any atom is -1.00 e. The van der Waals surface area contributed by atoms with Crippen LogP contribution in [0.3, 0.4) is 0 Å². The molecule has 24 heavy (non-hydrogen) atoms. The number of nitrogens with two attached hydrogens (primary N) is 1. The summed E-state index contributed by atoms with van der Waals surface area (Å²) in [6.45, 7) is 0.264. The van der Waals surface area contributed by atoms with Gasteiger partial charge in [-0.3, -0.25) is 19.7 Å². The summed E-state index contributed by atoms with van der Waals surface area (Å²) in [6, 6.07) is 5.94. The number of fused-ring (bicyclic) bond motifs is 1. The lowest BCUT2D eigenvalue weighted by Gasteiger charge is -2.04. The van der Waals surface area contributed by atoms with Crippen LogP contribution in [0.2, 0.25) is 0 Å². The molecule has 0 unspecified atom stereocenters. The summed E-state index contributed by atoms with van der Waals surface area (Å²) < 4.78 is 1.75. The molecule has 2 aromatic heterocycles. The Morgan fingerprint density at radius 1 is 1.12 bits per heavy atom. The predicted octanol–water partition coefficient (Wildman–Crippen LogP) is -2.95. The lowest BCUT2D eigenvalue weighted by atomic mass is 10.1. The molecule has 0 saturated carbocycles. The van der Waals surface area contributed by atoms with Gasteiger partial charge in [-0.1, -0.05) is 0 Å². The Bertz CT molecular complexity index is 1030. The summed E-state index contributed by atoms with van der Waals surface area (Å²) in [5.74, 6) is 0. The third-order valence-electron chi connectivity index (χ3n) is 3.38. The number of nitrogens with zero attached hydrogens (tertiary/aromatic N) is 2. The van der Waals surface area contributed by atoms with Gasteiger partial charge in [0.25, 0.3) is 5.69 Å². The highest BCUT2D eigenvalue weighted by Crippen LogP contribution is 2.21. The number of nitro groups is 1. The standard InChI is InChI=1S/C14H11N5O4.BrH/c15-9-1-3-18(4-2-9)7-8-5-10(19(22)23)6-11-12(8)17-14(21)13(20)16-11;/h1-6,15H,7H2,(H2,16,17,20,21);1H. The van der Waals surface area contributed by atoms with Crippen molar-refractivity contribution in [1.29, 1.82) is 0 Å². The van der Waals surface area contributed by atoms with Crippen molar-refractivity contribution in [3.63, 3.8) is 0 Å². The van der Waals surface area contributed by atoms with Crippen molar-refractivity contribution >= 4 is 22.4 Å². The fourth-order valence-electron chi connectivity index (χ4n) is 2.28. The number of hydrogen-bond acceptors (Lipinski definition) is 5. The summed E-state index contributed by atoms with van der Waals surface area (Å²) in [4.78, 5) is 38.3. The minimum atomic E-state index is -0.857. The molecule has 0 aliphatic rings. The second kappa shape index (κ2) is 6.62. The zero-order valence-corrected chi connectivity index (χ0v) is 13.7. The lowest BCUT2D eigenvalue weighted by Crippen LogP contribution is -3.00. The van der Waals surface area contributed by atoms with Gasteiger partial charge in [-0.2, -0.15) is 0 Å². The first kappa shape index (κ1) is 17.3. The SMILES string of the molecule is Nc1cc[n+](Cc2cc([N+](=O)[O-])cc3[nH]c(=O)c(=O)[nH]c23)cc1.[Br-]. The number of nitrogens with one attached hydrogen (secondary N) is 2. The van der Waals surface area contributed by atoms with Crippen molar-refractivity contribution in [3.05, 3.63) is 73.0 Å². The molecule has 3 aromatic rings. The maximum atomic E-state index is 11.5. The second-order valence-corrected chi connectivity index (χ2v) is 5.00. The molecule has 0 spiro atoms. The monoisotopic (exact) mass is 393 g/mol. The fourth-order valence-corrected chi connectivity index (χ4v) is 2.28. The molecular weight excluding hydrogens is 382 g/mol. The van der Waals surface area contributed by atoms with E-state index in [0.29, 0.717) is 16.8 Å². The summed E-state index contributed by atoms with van der Waals surface area (Å²) in [6.07, 6.45) is 3.42. The normalized spacial score (nSPS) is 10.3. The van der Waals surface area contributed by atoms with E-state index in [0.717, 1.165) is 0 Å². The van der Waals surface area contributed by atoms with Gasteiger partial charge in [-0.25, -0.2) is 4.57 Å². The van der Waals surface area contributed by atoms with Crippen LogP contribution in [0.25, 0.3) is 11.0 Å². The second-order valence-electron chi connectivity index (χ2n) is 5.00. The Labute approximate surface area is 144 Å². The lowest BCUT2D eigenvalue weighted by molar-refractivity contribution is -0.688. The number of nitro benzene ring substituents is 1. The summed E-state index contributed by atoms with van der Waals surface area (Å²) in [5.41, 5.74) is 5.42. The van der Waals surface area contributed by atoms with E-state index in [2.05, 4.69) is 9.97 Å². The van der Waals surface area contributed by atoms with Gasteiger partial charge in [0.2, 0.25) is 0 Å². The molecule has 2 heterocycles. The number of non-ortho nitro benzene ring substituents is 1. The average molecular weight is 394 g/mol. The van der Waals surface area contributed by atoms with Gasteiger partial charge in [-0.05, 0) is 0 Å². The first-order valence-electron chi connectivity index (χ1n) is 6.62. The summed E-state index contributed by atoms with van der Waals surface area (Å²) >= 11 is 0. The van der Waals surface area contributed by atoms with Crippen LogP contribution in [-0.4, -0.2) is 14.9 Å². The number of aromatic nitrogens is 3. The molecular formula is C14H12BrN5O4. The van der Waals surface area contributed by atoms with Gasteiger partial charge in [0, 0.05) is 35.5 Å². The van der Waals surface area contributed by atoms with Gasteiger partial charge in [0.05, 0.1) is 16.0 Å². The van der Waals surface area contributed by atoms with E-state index in [-0.39, 0.29) is 34.7 Å². The zero-order valence-electron chi connectivity index (χ0n) is 12.2. The summed E-state index contributed by atoms with van der Waals surface area (Å²) in [7, 11) is 0. The molecule has 4 N–H and O–H groups in total. The van der Waals surface area contributed by atoms with E-state index in [1.54, 1.807) is 29.1 Å². The molecule has 124 valence electrons. The minimum absolute atomic E-state index is 0. The number of rotatable bonds is 3. The van der Waals surface area contributed by atoms with E-state index >= 15 is 0 Å². The Balaban J connectivity index is 0.00000208. The summed E-state index contributed by atoms with van der Waals surface area (Å²) in [5, 5.41) is 11.1. The van der Waals surface area contributed by atoms with Crippen molar-refractivity contribution in [3.8, 4) is 0 Å². The van der Waals surface area contributed by atoms with Crippen LogP contribution in [0.15, 0.2) is 46.2 Å². The van der Waals surface area contributed by atoms with Gasteiger partial charge in [-0.15, -0.1) is 0 Å². The van der Waals surface area contributed by atoms with Gasteiger partial charge >= 0.3 is 11.1 Å². The first-order valence-corrected chi connectivity index (χ1v) is 6.62. The molecule has 10 heteroatoms. The van der Waals surface area contributed by atoms with Crippen molar-refractivity contribution in [1.82, 2.24) is 9.97 Å². The number of nitrogen functional groups attached to an aromatic ring is 1.